The highest BCUT2D eigenvalue weighted by Crippen LogP contribution is 2.33. The van der Waals surface area contributed by atoms with Crippen LogP contribution in [0.15, 0.2) is 55.0 Å². The molecule has 1 aliphatic rings. The zero-order chi connectivity index (χ0) is 28.7. The lowest BCUT2D eigenvalue weighted by Crippen LogP contribution is -2.48. The molecule has 9 nitrogen and oxygen atoms in total. The van der Waals surface area contributed by atoms with Crippen molar-refractivity contribution in [3.63, 3.8) is 0 Å². The van der Waals surface area contributed by atoms with Crippen molar-refractivity contribution in [3.8, 4) is 22.9 Å². The number of aromatic nitrogens is 3. The third kappa shape index (κ3) is 5.60. The Kier molecular flexibility index (Phi) is 6.94. The van der Waals surface area contributed by atoms with Gasteiger partial charge < -0.3 is 20.1 Å². The summed E-state index contributed by atoms with van der Waals surface area (Å²) in [5.74, 6) is 0.515. The molecular formula is C30H31FN6O3. The van der Waals surface area contributed by atoms with Crippen LogP contribution < -0.4 is 15.0 Å². The molecule has 2 N–H and O–H groups in total. The van der Waals surface area contributed by atoms with Crippen LogP contribution in [-0.4, -0.2) is 56.4 Å². The lowest BCUT2D eigenvalue weighted by molar-refractivity contribution is 0.0283. The molecule has 3 aromatic heterocycles. The molecule has 10 heteroatoms. The van der Waals surface area contributed by atoms with E-state index in [0.717, 1.165) is 22.5 Å². The molecule has 1 atom stereocenters. The SMILES string of the molecule is Cc1ccc(F)cc1C(=O)NC1(C)CCN(c2ccc(-c3cc(OCC(C)(C)O)cn4ncc(C#N)c34)cn2)C1. The monoisotopic (exact) mass is 542 g/mol. The second-order valence-corrected chi connectivity index (χ2v) is 11.2. The van der Waals surface area contributed by atoms with Crippen LogP contribution in [-0.2, 0) is 0 Å². The van der Waals surface area contributed by atoms with E-state index in [-0.39, 0.29) is 12.5 Å². The van der Waals surface area contributed by atoms with Crippen LogP contribution in [0.3, 0.4) is 0 Å². The molecule has 4 heterocycles. The van der Waals surface area contributed by atoms with Crippen molar-refractivity contribution in [3.05, 3.63) is 77.5 Å². The number of rotatable bonds is 7. The second-order valence-electron chi connectivity index (χ2n) is 11.2. The summed E-state index contributed by atoms with van der Waals surface area (Å²) in [7, 11) is 0. The van der Waals surface area contributed by atoms with Gasteiger partial charge in [0.1, 0.15) is 30.1 Å². The molecule has 1 amide bonds. The zero-order valence-corrected chi connectivity index (χ0v) is 22.9. The van der Waals surface area contributed by atoms with Gasteiger partial charge in [-0.25, -0.2) is 13.9 Å². The molecule has 0 bridgehead atoms. The van der Waals surface area contributed by atoms with E-state index < -0.39 is 17.0 Å². The van der Waals surface area contributed by atoms with Gasteiger partial charge in [0.15, 0.2) is 0 Å². The van der Waals surface area contributed by atoms with Gasteiger partial charge in [-0.05, 0) is 70.0 Å². The van der Waals surface area contributed by atoms with E-state index in [1.807, 2.05) is 25.1 Å². The number of aliphatic hydroxyl groups is 1. The summed E-state index contributed by atoms with van der Waals surface area (Å²) in [5, 5.41) is 27.1. The fourth-order valence-corrected chi connectivity index (χ4v) is 4.91. The number of ether oxygens (including phenoxy) is 1. The van der Waals surface area contributed by atoms with Gasteiger partial charge >= 0.3 is 0 Å². The second kappa shape index (κ2) is 10.2. The molecule has 4 aromatic rings. The van der Waals surface area contributed by atoms with E-state index in [9.17, 15) is 19.6 Å². The third-order valence-corrected chi connectivity index (χ3v) is 7.01. The van der Waals surface area contributed by atoms with Crippen LogP contribution in [0.5, 0.6) is 5.75 Å². The van der Waals surface area contributed by atoms with Gasteiger partial charge in [-0.15, -0.1) is 0 Å². The first kappa shape index (κ1) is 27.1. The predicted molar refractivity (Wildman–Crippen MR) is 149 cm³/mol. The minimum atomic E-state index is -1.01. The van der Waals surface area contributed by atoms with E-state index >= 15 is 0 Å². The Balaban J connectivity index is 1.36. The maximum absolute atomic E-state index is 13.7. The standard InChI is InChI=1S/C30H31FN6O3/c1-19-5-7-22(31)11-24(19)28(38)35-30(4)9-10-36(17-30)26-8-6-20(14-33-26)25-12-23(40-18-29(2,3)39)16-37-27(25)21(13-32)15-34-37/h5-8,11-12,14-16,39H,9-10,17-18H2,1-4H3,(H,35,38). The van der Waals surface area contributed by atoms with Crippen molar-refractivity contribution in [1.82, 2.24) is 19.9 Å². The number of anilines is 1. The highest BCUT2D eigenvalue weighted by Gasteiger charge is 2.36. The molecule has 0 aliphatic carbocycles. The quantitative estimate of drug-likeness (QED) is 0.358. The first-order valence-electron chi connectivity index (χ1n) is 13.0. The van der Waals surface area contributed by atoms with E-state index in [2.05, 4.69) is 21.4 Å². The maximum Gasteiger partial charge on any atom is 0.252 e. The normalized spacial score (nSPS) is 17.2. The van der Waals surface area contributed by atoms with E-state index in [4.69, 9.17) is 9.72 Å². The van der Waals surface area contributed by atoms with Crippen molar-refractivity contribution in [2.45, 2.75) is 45.3 Å². The van der Waals surface area contributed by atoms with Crippen LogP contribution in [0.25, 0.3) is 16.6 Å². The smallest absolute Gasteiger partial charge is 0.252 e. The number of amides is 1. The first-order chi connectivity index (χ1) is 18.9. The van der Waals surface area contributed by atoms with Gasteiger partial charge in [0.25, 0.3) is 5.91 Å². The molecule has 0 spiro atoms. The Labute approximate surface area is 231 Å². The number of nitrogens with zero attached hydrogens (tertiary/aromatic N) is 5. The number of pyridine rings is 2. The number of nitrogens with one attached hydrogen (secondary N) is 1. The number of carbonyl (C=O) groups excluding carboxylic acids is 1. The number of hydrogen-bond acceptors (Lipinski definition) is 7. The van der Waals surface area contributed by atoms with Crippen LogP contribution in [0.1, 0.15) is 48.7 Å². The van der Waals surface area contributed by atoms with Crippen LogP contribution in [0, 0.1) is 24.1 Å². The number of aryl methyl sites for hydroxylation is 1. The number of nitriles is 1. The van der Waals surface area contributed by atoms with Crippen LogP contribution in [0.4, 0.5) is 10.2 Å². The third-order valence-electron chi connectivity index (χ3n) is 7.01. The summed E-state index contributed by atoms with van der Waals surface area (Å²) in [6, 6.07) is 12.0. The summed E-state index contributed by atoms with van der Waals surface area (Å²) in [6.07, 6.45) is 5.63. The van der Waals surface area contributed by atoms with E-state index in [1.54, 1.807) is 43.7 Å². The average molecular weight is 543 g/mol. The summed E-state index contributed by atoms with van der Waals surface area (Å²) in [4.78, 5) is 19.7. The Morgan fingerprint density at radius 3 is 2.77 bits per heavy atom. The van der Waals surface area contributed by atoms with Gasteiger partial charge in [-0.2, -0.15) is 10.4 Å². The van der Waals surface area contributed by atoms with Crippen LogP contribution >= 0.6 is 0 Å². The fourth-order valence-electron chi connectivity index (χ4n) is 4.91. The molecule has 1 fully saturated rings. The summed E-state index contributed by atoms with van der Waals surface area (Å²) in [6.45, 7) is 8.41. The molecule has 1 unspecified atom stereocenters. The van der Waals surface area contributed by atoms with Crippen LogP contribution in [0.2, 0.25) is 0 Å². The molecule has 0 radical (unpaired) electrons. The van der Waals surface area contributed by atoms with E-state index in [1.165, 1.54) is 18.3 Å². The minimum absolute atomic E-state index is 0.0879. The van der Waals surface area contributed by atoms with Gasteiger partial charge in [-0.1, -0.05) is 6.07 Å². The summed E-state index contributed by atoms with van der Waals surface area (Å²) >= 11 is 0. The Hall–Kier alpha value is -4.49. The first-order valence-corrected chi connectivity index (χ1v) is 13.0. The molecule has 206 valence electrons. The molecule has 0 saturated carbocycles. The summed E-state index contributed by atoms with van der Waals surface area (Å²) < 4.78 is 21.1. The molecule has 5 rings (SSSR count). The lowest BCUT2D eigenvalue weighted by atomic mass is 10.00. The molecule has 1 aromatic carbocycles. The number of hydrogen-bond donors (Lipinski definition) is 2. The molecular weight excluding hydrogens is 511 g/mol. The highest BCUT2D eigenvalue weighted by molar-refractivity contribution is 5.96. The van der Waals surface area contributed by atoms with E-state index in [0.29, 0.717) is 41.9 Å². The van der Waals surface area contributed by atoms with Gasteiger partial charge in [-0.3, -0.25) is 4.79 Å². The van der Waals surface area contributed by atoms with Gasteiger partial charge in [0, 0.05) is 36.0 Å². The fraction of sp³-hybridized carbons (Fsp3) is 0.333. The Bertz CT molecular complexity index is 1620. The minimum Gasteiger partial charge on any atom is -0.489 e. The number of halogens is 1. The Morgan fingerprint density at radius 2 is 2.08 bits per heavy atom. The number of carbonyl (C=O) groups is 1. The summed E-state index contributed by atoms with van der Waals surface area (Å²) in [5.41, 5.74) is 2.09. The van der Waals surface area contributed by atoms with Gasteiger partial charge in [0.2, 0.25) is 0 Å². The number of fused-ring (bicyclic) bond motifs is 1. The largest absolute Gasteiger partial charge is 0.489 e. The average Bonchev–Trinajstić information content (AvgIpc) is 3.51. The zero-order valence-electron chi connectivity index (χ0n) is 22.9. The highest BCUT2D eigenvalue weighted by atomic mass is 19.1. The lowest BCUT2D eigenvalue weighted by Gasteiger charge is -2.27. The predicted octanol–water partition coefficient (Wildman–Crippen LogP) is 4.26. The van der Waals surface area contributed by atoms with Crippen molar-refractivity contribution in [2.75, 3.05) is 24.6 Å². The number of benzene rings is 1. The topological polar surface area (TPSA) is 116 Å². The van der Waals surface area contributed by atoms with Crippen molar-refractivity contribution in [1.29, 1.82) is 5.26 Å². The molecule has 1 saturated heterocycles. The Morgan fingerprint density at radius 1 is 1.27 bits per heavy atom. The van der Waals surface area contributed by atoms with Crippen molar-refractivity contribution >= 4 is 17.2 Å². The van der Waals surface area contributed by atoms with Crippen molar-refractivity contribution in [2.24, 2.45) is 0 Å². The van der Waals surface area contributed by atoms with Crippen molar-refractivity contribution < 1.29 is 19.0 Å². The maximum atomic E-state index is 13.7. The molecule has 1 aliphatic heterocycles. The van der Waals surface area contributed by atoms with Gasteiger partial charge in [0.05, 0.1) is 34.6 Å². The molecule has 40 heavy (non-hydrogen) atoms.